The monoisotopic (exact) mass is 592 g/mol. The van der Waals surface area contributed by atoms with Gasteiger partial charge in [-0.15, -0.1) is 0 Å². The van der Waals surface area contributed by atoms with Gasteiger partial charge in [-0.3, -0.25) is 14.5 Å². The molecule has 0 radical (unpaired) electrons. The highest BCUT2D eigenvalue weighted by Crippen LogP contribution is 2.38. The maximum absolute atomic E-state index is 13.7. The number of rotatable bonds is 6. The topological polar surface area (TPSA) is 78.7 Å². The molecular weight excluding hydrogens is 553 g/mol. The Hall–Kier alpha value is -3.69. The molecule has 43 heavy (non-hydrogen) atoms. The fourth-order valence-electron chi connectivity index (χ4n) is 6.66. The molecule has 5 rings (SSSR count). The predicted molar refractivity (Wildman–Crippen MR) is 162 cm³/mol. The molecule has 3 N–H and O–H groups in total. The number of hydrogen-bond donors (Lipinski definition) is 2. The summed E-state index contributed by atoms with van der Waals surface area (Å²) in [6.45, 7) is 9.36. The Morgan fingerprint density at radius 2 is 1.77 bits per heavy atom. The fraction of sp³-hybridized carbons (Fsp3) is 0.412. The second-order valence-corrected chi connectivity index (χ2v) is 12.0. The van der Waals surface area contributed by atoms with Crippen molar-refractivity contribution in [2.75, 3.05) is 18.0 Å². The number of hydrogen-bond acceptors (Lipinski definition) is 4. The molecule has 2 heterocycles. The van der Waals surface area contributed by atoms with Gasteiger partial charge < -0.3 is 16.0 Å². The molecule has 2 aliphatic rings. The summed E-state index contributed by atoms with van der Waals surface area (Å²) in [6, 6.07) is 13.3. The van der Waals surface area contributed by atoms with Crippen LogP contribution in [0.1, 0.15) is 69.5 Å². The van der Waals surface area contributed by atoms with E-state index >= 15 is 0 Å². The first-order chi connectivity index (χ1) is 20.3. The summed E-state index contributed by atoms with van der Waals surface area (Å²) >= 11 is 0. The zero-order chi connectivity index (χ0) is 31.1. The van der Waals surface area contributed by atoms with Crippen LogP contribution in [0.5, 0.6) is 0 Å². The van der Waals surface area contributed by atoms with Crippen LogP contribution in [0.4, 0.5) is 18.9 Å². The molecule has 0 unspecified atom stereocenters. The van der Waals surface area contributed by atoms with Gasteiger partial charge in [-0.05, 0) is 91.1 Å². The summed E-state index contributed by atoms with van der Waals surface area (Å²) in [5, 5.41) is 3.13. The Morgan fingerprint density at radius 3 is 2.44 bits per heavy atom. The summed E-state index contributed by atoms with van der Waals surface area (Å²) in [5.74, 6) is -0.350. The van der Waals surface area contributed by atoms with Gasteiger partial charge in [0.1, 0.15) is 0 Å². The molecule has 0 saturated carbocycles. The number of nitrogens with one attached hydrogen (secondary N) is 1. The van der Waals surface area contributed by atoms with Crippen molar-refractivity contribution in [1.82, 2.24) is 10.2 Å². The second kappa shape index (κ2) is 12.1. The molecular formula is C34H39F3N4O2. The minimum atomic E-state index is -4.40. The third kappa shape index (κ3) is 6.63. The van der Waals surface area contributed by atoms with E-state index in [0.29, 0.717) is 44.5 Å². The van der Waals surface area contributed by atoms with E-state index in [1.165, 1.54) is 13.0 Å². The smallest absolute Gasteiger partial charge is 0.348 e. The molecule has 3 aromatic carbocycles. The van der Waals surface area contributed by atoms with E-state index in [1.807, 2.05) is 43.9 Å². The molecule has 0 fully saturated rings. The lowest BCUT2D eigenvalue weighted by Gasteiger charge is -2.35. The molecule has 2 atom stereocenters. The maximum atomic E-state index is 13.7. The Labute approximate surface area is 251 Å². The molecule has 0 aliphatic carbocycles. The Kier molecular flexibility index (Phi) is 8.68. The Bertz CT molecular complexity index is 1530. The standard InChI is InChI=1S/C34H39F3N4O2/c1-20-14-21(2)26(22(3)15-20)17-30(38)33(43)39-31-11-13-41(23(4)42)32-9-8-24(16-27(31)32)18-40-12-10-25-6-5-7-29(28(25)19-40)34(35,36)37/h5-9,14-16,30-31H,10-13,17-19,38H2,1-4H3,(H,39,43)/t30-,31+/m0/s1. The first-order valence-corrected chi connectivity index (χ1v) is 14.8. The molecule has 0 spiro atoms. The highest BCUT2D eigenvalue weighted by molar-refractivity contribution is 5.93. The van der Waals surface area contributed by atoms with Crippen LogP contribution >= 0.6 is 0 Å². The number of aryl methyl sites for hydroxylation is 3. The largest absolute Gasteiger partial charge is 0.416 e. The van der Waals surface area contributed by atoms with Gasteiger partial charge in [-0.1, -0.05) is 42.0 Å². The number of benzene rings is 3. The van der Waals surface area contributed by atoms with Crippen molar-refractivity contribution in [2.24, 2.45) is 5.73 Å². The average Bonchev–Trinajstić information content (AvgIpc) is 2.94. The number of halogens is 3. The summed E-state index contributed by atoms with van der Waals surface area (Å²) in [6.07, 6.45) is -2.92. The molecule has 0 bridgehead atoms. The summed E-state index contributed by atoms with van der Waals surface area (Å²) in [7, 11) is 0. The van der Waals surface area contributed by atoms with Crippen LogP contribution in [-0.4, -0.2) is 35.8 Å². The number of anilines is 1. The predicted octanol–water partition coefficient (Wildman–Crippen LogP) is 5.67. The zero-order valence-electron chi connectivity index (χ0n) is 25.1. The number of alkyl halides is 3. The van der Waals surface area contributed by atoms with E-state index in [1.54, 1.807) is 11.0 Å². The highest BCUT2D eigenvalue weighted by atomic mass is 19.4. The van der Waals surface area contributed by atoms with Gasteiger partial charge in [0.25, 0.3) is 0 Å². The lowest BCUT2D eigenvalue weighted by molar-refractivity contribution is -0.138. The lowest BCUT2D eigenvalue weighted by Crippen LogP contribution is -2.46. The van der Waals surface area contributed by atoms with Crippen LogP contribution in [0.25, 0.3) is 0 Å². The number of fused-ring (bicyclic) bond motifs is 2. The normalized spacial score (nSPS) is 17.7. The molecule has 0 saturated heterocycles. The van der Waals surface area contributed by atoms with Crippen molar-refractivity contribution in [2.45, 2.75) is 78.3 Å². The SMILES string of the molecule is CC(=O)N1CC[C@@H](NC(=O)[C@@H](N)Cc2c(C)cc(C)cc2C)c2cc(CN3CCc4cccc(C(F)(F)F)c4C3)ccc21. The van der Waals surface area contributed by atoms with Gasteiger partial charge in [0.05, 0.1) is 17.6 Å². The van der Waals surface area contributed by atoms with Gasteiger partial charge in [0.15, 0.2) is 0 Å². The third-order valence-corrected chi connectivity index (χ3v) is 8.76. The van der Waals surface area contributed by atoms with Crippen molar-refractivity contribution in [3.8, 4) is 0 Å². The number of carbonyl (C=O) groups is 2. The van der Waals surface area contributed by atoms with E-state index in [9.17, 15) is 22.8 Å². The number of carbonyl (C=O) groups excluding carboxylic acids is 2. The Balaban J connectivity index is 1.36. The molecule has 3 aromatic rings. The van der Waals surface area contributed by atoms with Gasteiger partial charge in [0.2, 0.25) is 11.8 Å². The summed E-state index contributed by atoms with van der Waals surface area (Å²) < 4.78 is 41.1. The van der Waals surface area contributed by atoms with Crippen molar-refractivity contribution < 1.29 is 22.8 Å². The zero-order valence-corrected chi connectivity index (χ0v) is 25.1. The van der Waals surface area contributed by atoms with E-state index in [-0.39, 0.29) is 24.4 Å². The summed E-state index contributed by atoms with van der Waals surface area (Å²) in [5.41, 5.74) is 13.8. The van der Waals surface area contributed by atoms with Gasteiger partial charge in [-0.2, -0.15) is 13.2 Å². The van der Waals surface area contributed by atoms with Crippen molar-refractivity contribution in [3.05, 3.63) is 98.6 Å². The highest BCUT2D eigenvalue weighted by Gasteiger charge is 2.36. The molecule has 2 amide bonds. The fourth-order valence-corrected chi connectivity index (χ4v) is 6.66. The first kappa shape index (κ1) is 30.8. The minimum Gasteiger partial charge on any atom is -0.348 e. The van der Waals surface area contributed by atoms with Crippen LogP contribution < -0.4 is 16.0 Å². The number of amides is 2. The van der Waals surface area contributed by atoms with Crippen LogP contribution in [0.15, 0.2) is 48.5 Å². The van der Waals surface area contributed by atoms with Crippen molar-refractivity contribution in [1.29, 1.82) is 0 Å². The number of nitrogens with two attached hydrogens (primary N) is 1. The number of nitrogens with zero attached hydrogens (tertiary/aromatic N) is 2. The van der Waals surface area contributed by atoms with E-state index in [2.05, 4.69) is 17.4 Å². The Morgan fingerprint density at radius 1 is 1.05 bits per heavy atom. The third-order valence-electron chi connectivity index (χ3n) is 8.76. The van der Waals surface area contributed by atoms with Crippen LogP contribution in [0.3, 0.4) is 0 Å². The van der Waals surface area contributed by atoms with Gasteiger partial charge in [0, 0.05) is 38.8 Å². The quantitative estimate of drug-likeness (QED) is 0.387. The van der Waals surface area contributed by atoms with Gasteiger partial charge >= 0.3 is 6.18 Å². The van der Waals surface area contributed by atoms with Crippen molar-refractivity contribution >= 4 is 17.5 Å². The van der Waals surface area contributed by atoms with E-state index in [0.717, 1.165) is 50.7 Å². The lowest BCUT2D eigenvalue weighted by atomic mass is 9.92. The maximum Gasteiger partial charge on any atom is 0.416 e. The molecule has 228 valence electrons. The molecule has 0 aromatic heterocycles. The van der Waals surface area contributed by atoms with E-state index < -0.39 is 17.8 Å². The second-order valence-electron chi connectivity index (χ2n) is 12.0. The average molecular weight is 593 g/mol. The van der Waals surface area contributed by atoms with Crippen molar-refractivity contribution in [3.63, 3.8) is 0 Å². The molecule has 9 heteroatoms. The molecule has 6 nitrogen and oxygen atoms in total. The van der Waals surface area contributed by atoms with E-state index in [4.69, 9.17) is 5.73 Å². The minimum absolute atomic E-state index is 0.0897. The molecule has 2 aliphatic heterocycles. The van der Waals surface area contributed by atoms with Gasteiger partial charge in [-0.25, -0.2) is 0 Å². The van der Waals surface area contributed by atoms with Crippen LogP contribution in [0.2, 0.25) is 0 Å². The first-order valence-electron chi connectivity index (χ1n) is 14.8. The van der Waals surface area contributed by atoms with Crippen LogP contribution in [-0.2, 0) is 41.7 Å². The summed E-state index contributed by atoms with van der Waals surface area (Å²) in [4.78, 5) is 29.5. The van der Waals surface area contributed by atoms with Crippen LogP contribution in [0, 0.1) is 20.8 Å².